The zero-order chi connectivity index (χ0) is 30.5. The van der Waals surface area contributed by atoms with Gasteiger partial charge in [0.25, 0.3) is 0 Å². The fraction of sp³-hybridized carbons (Fsp3) is 0.0500. The van der Waals surface area contributed by atoms with Gasteiger partial charge in [-0.2, -0.15) is 0 Å². The Morgan fingerprint density at radius 2 is 1.13 bits per heavy atom. The predicted molar refractivity (Wildman–Crippen MR) is 184 cm³/mol. The van der Waals surface area contributed by atoms with E-state index in [2.05, 4.69) is 78.1 Å². The summed E-state index contributed by atoms with van der Waals surface area (Å²) in [7, 11) is 0. The van der Waals surface area contributed by atoms with Crippen molar-refractivity contribution in [3.63, 3.8) is 0 Å². The molecule has 1 aliphatic rings. The first-order valence-electron chi connectivity index (χ1n) is 15.3. The number of nitrogens with one attached hydrogen (secondary N) is 1. The standard InChI is InChI=1S/C40H27N4O2/c1-4-10-25(11-5-1)37-42-38(26-12-6-2-7-13-26)44-39(43-37)30-17-20-32-31-19-16-29(23-35(31)45-36(32)24-30)28-18-21-34-33(22-28)41-40(46-34)27-14-8-3-9-15-27/h1-24,37-38,42H/q-1. The summed E-state index contributed by atoms with van der Waals surface area (Å²) in [6.45, 7) is 0. The van der Waals surface area contributed by atoms with Crippen molar-refractivity contribution in [2.75, 3.05) is 0 Å². The lowest BCUT2D eigenvalue weighted by Gasteiger charge is -2.40. The molecule has 1 N–H and O–H groups in total. The number of fused-ring (bicyclic) bond motifs is 4. The van der Waals surface area contributed by atoms with Crippen LogP contribution in [0.4, 0.5) is 0 Å². The Kier molecular flexibility index (Phi) is 6.25. The molecule has 0 amide bonds. The van der Waals surface area contributed by atoms with Gasteiger partial charge < -0.3 is 24.5 Å². The lowest BCUT2D eigenvalue weighted by Crippen LogP contribution is -2.31. The number of nitrogens with zero attached hydrogens (tertiary/aromatic N) is 3. The minimum absolute atomic E-state index is 0.223. The molecule has 0 radical (unpaired) electrons. The molecule has 0 saturated carbocycles. The van der Waals surface area contributed by atoms with E-state index in [1.165, 1.54) is 0 Å². The van der Waals surface area contributed by atoms with Crippen LogP contribution in [0.5, 0.6) is 0 Å². The number of rotatable bonds is 5. The summed E-state index contributed by atoms with van der Waals surface area (Å²) in [5.74, 6) is 1.31. The first-order chi connectivity index (χ1) is 22.7. The van der Waals surface area contributed by atoms with E-state index in [9.17, 15) is 0 Å². The van der Waals surface area contributed by atoms with Gasteiger partial charge in [-0.15, -0.1) is 0 Å². The van der Waals surface area contributed by atoms with Gasteiger partial charge in [0.1, 0.15) is 16.7 Å². The quantitative estimate of drug-likeness (QED) is 0.215. The molecule has 0 aliphatic carbocycles. The molecule has 0 bridgehead atoms. The molecule has 6 nitrogen and oxygen atoms in total. The van der Waals surface area contributed by atoms with Crippen LogP contribution in [-0.4, -0.2) is 10.8 Å². The first-order valence-corrected chi connectivity index (χ1v) is 15.3. The van der Waals surface area contributed by atoms with Gasteiger partial charge in [0.05, 0.1) is 0 Å². The molecule has 9 rings (SSSR count). The van der Waals surface area contributed by atoms with E-state index in [0.717, 1.165) is 66.4 Å². The van der Waals surface area contributed by atoms with Crippen molar-refractivity contribution in [1.29, 1.82) is 0 Å². The van der Waals surface area contributed by atoms with Crippen molar-refractivity contribution in [3.05, 3.63) is 168 Å². The van der Waals surface area contributed by atoms with Gasteiger partial charge in [0, 0.05) is 28.7 Å². The second kappa shape index (κ2) is 10.9. The zero-order valence-corrected chi connectivity index (χ0v) is 24.7. The molecule has 2 atom stereocenters. The number of aromatic nitrogens is 1. The number of oxazole rings is 1. The predicted octanol–water partition coefficient (Wildman–Crippen LogP) is 10.2. The number of amidine groups is 1. The van der Waals surface area contributed by atoms with Gasteiger partial charge in [-0.1, -0.05) is 103 Å². The van der Waals surface area contributed by atoms with Gasteiger partial charge >= 0.3 is 0 Å². The van der Waals surface area contributed by atoms with E-state index >= 15 is 0 Å². The Hall–Kier alpha value is -5.98. The van der Waals surface area contributed by atoms with Crippen LogP contribution < -0.4 is 5.32 Å². The van der Waals surface area contributed by atoms with Gasteiger partial charge in [0.15, 0.2) is 5.58 Å². The van der Waals surface area contributed by atoms with Gasteiger partial charge in [-0.25, -0.2) is 4.98 Å². The lowest BCUT2D eigenvalue weighted by molar-refractivity contribution is 0.488. The molecule has 2 unspecified atom stereocenters. The Morgan fingerprint density at radius 3 is 1.87 bits per heavy atom. The summed E-state index contributed by atoms with van der Waals surface area (Å²) in [5.41, 5.74) is 9.35. The van der Waals surface area contributed by atoms with Crippen LogP contribution in [-0.2, 0) is 0 Å². The van der Waals surface area contributed by atoms with Gasteiger partial charge in [0.2, 0.25) is 5.89 Å². The molecular formula is C40H27N4O2-. The fourth-order valence-electron chi connectivity index (χ4n) is 6.17. The fourth-order valence-corrected chi connectivity index (χ4v) is 6.17. The van der Waals surface area contributed by atoms with E-state index in [0.29, 0.717) is 11.7 Å². The lowest BCUT2D eigenvalue weighted by atomic mass is 10.0. The van der Waals surface area contributed by atoms with E-state index in [4.69, 9.17) is 24.1 Å². The third-order valence-corrected chi connectivity index (χ3v) is 8.52. The van der Waals surface area contributed by atoms with E-state index in [-0.39, 0.29) is 12.3 Å². The molecule has 1 aliphatic heterocycles. The molecule has 220 valence electrons. The van der Waals surface area contributed by atoms with Crippen LogP contribution in [0.15, 0.2) is 159 Å². The highest BCUT2D eigenvalue weighted by molar-refractivity contribution is 6.13. The molecular weight excluding hydrogens is 568 g/mol. The van der Waals surface area contributed by atoms with Crippen molar-refractivity contribution in [2.45, 2.75) is 12.3 Å². The highest BCUT2D eigenvalue weighted by Gasteiger charge is 2.19. The Balaban J connectivity index is 1.07. The average Bonchev–Trinajstić information content (AvgIpc) is 3.73. The number of furan rings is 1. The van der Waals surface area contributed by atoms with E-state index < -0.39 is 0 Å². The molecule has 3 heterocycles. The highest BCUT2D eigenvalue weighted by Crippen LogP contribution is 2.37. The maximum absolute atomic E-state index is 6.47. The number of hydrogen-bond acceptors (Lipinski definition) is 5. The molecule has 6 aromatic carbocycles. The maximum atomic E-state index is 6.47. The highest BCUT2D eigenvalue weighted by atomic mass is 16.3. The van der Waals surface area contributed by atoms with Crippen LogP contribution in [0.25, 0.3) is 60.9 Å². The zero-order valence-electron chi connectivity index (χ0n) is 24.7. The van der Waals surface area contributed by atoms with Crippen molar-refractivity contribution in [2.24, 2.45) is 4.99 Å². The van der Waals surface area contributed by atoms with Crippen molar-refractivity contribution >= 4 is 38.9 Å². The Morgan fingerprint density at radius 1 is 0.522 bits per heavy atom. The van der Waals surface area contributed by atoms with Gasteiger partial charge in [-0.3, -0.25) is 0 Å². The summed E-state index contributed by atoms with van der Waals surface area (Å²) in [4.78, 5) is 9.80. The minimum atomic E-state index is -0.223. The number of benzene rings is 6. The van der Waals surface area contributed by atoms with E-state index in [1.807, 2.05) is 72.8 Å². The minimum Gasteiger partial charge on any atom is -0.456 e. The van der Waals surface area contributed by atoms with Crippen molar-refractivity contribution in [1.82, 2.24) is 10.3 Å². The molecule has 0 saturated heterocycles. The molecule has 0 spiro atoms. The summed E-state index contributed by atoms with van der Waals surface area (Å²) >= 11 is 0. The van der Waals surface area contributed by atoms with Gasteiger partial charge in [-0.05, 0) is 76.3 Å². The Labute approximate surface area is 265 Å². The molecule has 0 fully saturated rings. The Bertz CT molecular complexity index is 2380. The van der Waals surface area contributed by atoms with Crippen molar-refractivity contribution in [3.8, 4) is 22.6 Å². The monoisotopic (exact) mass is 595 g/mol. The smallest absolute Gasteiger partial charge is 0.227 e. The van der Waals surface area contributed by atoms with Crippen LogP contribution in [0, 0.1) is 0 Å². The normalized spacial score (nSPS) is 16.5. The molecule has 2 aromatic heterocycles. The summed E-state index contributed by atoms with van der Waals surface area (Å²) < 4.78 is 12.5. The third kappa shape index (κ3) is 4.72. The molecule has 6 heteroatoms. The second-order valence-corrected chi connectivity index (χ2v) is 11.5. The second-order valence-electron chi connectivity index (χ2n) is 11.5. The van der Waals surface area contributed by atoms with Crippen molar-refractivity contribution < 1.29 is 8.83 Å². The maximum Gasteiger partial charge on any atom is 0.227 e. The summed E-state index contributed by atoms with van der Waals surface area (Å²) in [6.07, 6.45) is -0.447. The van der Waals surface area contributed by atoms with Crippen LogP contribution in [0.2, 0.25) is 0 Å². The SMILES string of the molecule is c1ccc(-c2nc3cc(-c4ccc5c(c4)oc4cc(C6=NC(c7ccccc7)NC(c7ccccc7)[N-]6)ccc45)ccc3o2)cc1. The average molecular weight is 596 g/mol. The topological polar surface area (TPSA) is 77.7 Å². The van der Waals surface area contributed by atoms with Crippen LogP contribution in [0.3, 0.4) is 0 Å². The first kappa shape index (κ1) is 26.4. The summed E-state index contributed by atoms with van der Waals surface area (Å²) in [6, 6.07) is 49.2. The van der Waals surface area contributed by atoms with Crippen LogP contribution >= 0.6 is 0 Å². The van der Waals surface area contributed by atoms with E-state index in [1.54, 1.807) is 0 Å². The summed E-state index contributed by atoms with van der Waals surface area (Å²) in [5, 5.41) is 10.8. The number of aliphatic imine (C=N–C) groups is 1. The largest absolute Gasteiger partial charge is 0.456 e. The van der Waals surface area contributed by atoms with Crippen LogP contribution in [0.1, 0.15) is 29.0 Å². The number of hydrogen-bond donors (Lipinski definition) is 1. The molecule has 8 aromatic rings. The third-order valence-electron chi connectivity index (χ3n) is 8.52. The molecule has 46 heavy (non-hydrogen) atoms.